The van der Waals surface area contributed by atoms with Gasteiger partial charge < -0.3 is 9.67 Å². The number of allylic oxidation sites excluding steroid dienone is 4. The SMILES string of the molecule is C=CC(=C(\C)c1cc(=O)c(C(=O)O)cn1CCC)/C(C)=C/N=C(C)CC.CC.CC.CC.CC(C)C. The van der Waals surface area contributed by atoms with E-state index in [0.29, 0.717) is 12.2 Å². The van der Waals surface area contributed by atoms with Crippen LogP contribution in [0.1, 0.15) is 126 Å². The fraction of sp³-hybridized carbons (Fsp3) is 0.581. The minimum atomic E-state index is -1.21. The van der Waals surface area contributed by atoms with E-state index in [1.165, 1.54) is 12.3 Å². The molecule has 0 unspecified atom stereocenters. The van der Waals surface area contributed by atoms with Crippen molar-refractivity contribution in [3.05, 3.63) is 63.7 Å². The lowest BCUT2D eigenvalue weighted by Crippen LogP contribution is -2.20. The van der Waals surface area contributed by atoms with Gasteiger partial charge in [0.25, 0.3) is 0 Å². The van der Waals surface area contributed by atoms with Crippen LogP contribution in [0, 0.1) is 5.92 Å². The molecule has 0 bridgehead atoms. The molecular weight excluding hydrogens is 448 g/mol. The summed E-state index contributed by atoms with van der Waals surface area (Å²) >= 11 is 0. The summed E-state index contributed by atoms with van der Waals surface area (Å²) in [6.07, 6.45) is 6.66. The second-order valence-electron chi connectivity index (χ2n) is 7.94. The van der Waals surface area contributed by atoms with Gasteiger partial charge in [-0.05, 0) is 56.3 Å². The lowest BCUT2D eigenvalue weighted by Gasteiger charge is -2.17. The molecular formula is C31H56N2O3. The first kappa shape index (κ1) is 40.5. The molecule has 1 N–H and O–H groups in total. The quantitative estimate of drug-likeness (QED) is 0.283. The van der Waals surface area contributed by atoms with Gasteiger partial charge in [-0.25, -0.2) is 4.79 Å². The molecule has 1 aromatic rings. The standard InChI is InChI=1S/C21H28N2O3.C4H10.3C2H6/c1-7-10-23-13-18(21(25)26)20(24)11-19(23)16(6)17(9-3)14(4)12-22-15(5)8-2;1-4(2)3;3*1-2/h9,11-13H,3,7-8,10H2,1-2,4-6H3,(H,25,26);4H,1-3H3;3*1-2H3/b14-12+,17-16-,22-15?;;;;. The molecule has 5 nitrogen and oxygen atoms in total. The first-order chi connectivity index (χ1) is 17.0. The highest BCUT2D eigenvalue weighted by atomic mass is 16.4. The maximum absolute atomic E-state index is 12.2. The van der Waals surface area contributed by atoms with Crippen molar-refractivity contribution in [2.24, 2.45) is 10.9 Å². The number of pyridine rings is 1. The largest absolute Gasteiger partial charge is 0.477 e. The fourth-order valence-electron chi connectivity index (χ4n) is 2.60. The monoisotopic (exact) mass is 504 g/mol. The van der Waals surface area contributed by atoms with E-state index < -0.39 is 11.4 Å². The van der Waals surface area contributed by atoms with E-state index >= 15 is 0 Å². The van der Waals surface area contributed by atoms with E-state index in [4.69, 9.17) is 0 Å². The summed E-state index contributed by atoms with van der Waals surface area (Å²) in [6.45, 7) is 32.9. The Hall–Kier alpha value is -2.69. The molecule has 0 radical (unpaired) electrons. The lowest BCUT2D eigenvalue weighted by atomic mass is 9.99. The van der Waals surface area contributed by atoms with Gasteiger partial charge in [0, 0.05) is 36.4 Å². The van der Waals surface area contributed by atoms with Gasteiger partial charge in [-0.3, -0.25) is 9.79 Å². The van der Waals surface area contributed by atoms with Crippen LogP contribution in [0.2, 0.25) is 0 Å². The molecule has 0 atom stereocenters. The molecule has 1 rings (SSSR count). The smallest absolute Gasteiger partial charge is 0.341 e. The summed E-state index contributed by atoms with van der Waals surface area (Å²) in [7, 11) is 0. The van der Waals surface area contributed by atoms with Gasteiger partial charge in [-0.2, -0.15) is 0 Å². The number of aromatic nitrogens is 1. The van der Waals surface area contributed by atoms with Crippen molar-refractivity contribution in [1.29, 1.82) is 0 Å². The summed E-state index contributed by atoms with van der Waals surface area (Å²) in [5.41, 5.74) is 3.68. The summed E-state index contributed by atoms with van der Waals surface area (Å²) < 4.78 is 1.82. The number of carbonyl (C=O) groups is 1. The van der Waals surface area contributed by atoms with Gasteiger partial charge in [0.1, 0.15) is 5.56 Å². The van der Waals surface area contributed by atoms with Crippen molar-refractivity contribution in [3.63, 3.8) is 0 Å². The van der Waals surface area contributed by atoms with Crippen LogP contribution in [0.5, 0.6) is 0 Å². The molecule has 0 spiro atoms. The predicted octanol–water partition coefficient (Wildman–Crippen LogP) is 9.43. The maximum Gasteiger partial charge on any atom is 0.341 e. The summed E-state index contributed by atoms with van der Waals surface area (Å²) in [6, 6.07) is 1.39. The van der Waals surface area contributed by atoms with Crippen LogP contribution < -0.4 is 5.43 Å². The zero-order valence-electron chi connectivity index (χ0n) is 25.9. The van der Waals surface area contributed by atoms with E-state index in [0.717, 1.165) is 41.2 Å². The van der Waals surface area contributed by atoms with Crippen molar-refractivity contribution in [2.75, 3.05) is 0 Å². The van der Waals surface area contributed by atoms with Gasteiger partial charge in [0.2, 0.25) is 0 Å². The molecule has 208 valence electrons. The van der Waals surface area contributed by atoms with Crippen LogP contribution in [-0.4, -0.2) is 21.4 Å². The average molecular weight is 505 g/mol. The Morgan fingerprint density at radius 2 is 1.53 bits per heavy atom. The normalized spacial score (nSPS) is 11.2. The van der Waals surface area contributed by atoms with E-state index in [2.05, 4.69) is 32.3 Å². The molecule has 0 saturated carbocycles. The highest BCUT2D eigenvalue weighted by molar-refractivity contribution is 5.87. The Balaban J connectivity index is -0.000000445. The molecule has 0 saturated heterocycles. The van der Waals surface area contributed by atoms with Gasteiger partial charge in [-0.15, -0.1) is 0 Å². The lowest BCUT2D eigenvalue weighted by molar-refractivity contribution is 0.0694. The topological polar surface area (TPSA) is 71.7 Å². The Labute approximate surface area is 222 Å². The average Bonchev–Trinajstić information content (AvgIpc) is 2.86. The first-order valence-corrected chi connectivity index (χ1v) is 13.5. The van der Waals surface area contributed by atoms with Gasteiger partial charge in [0.15, 0.2) is 5.43 Å². The molecule has 0 fully saturated rings. The second-order valence-corrected chi connectivity index (χ2v) is 7.94. The fourth-order valence-corrected chi connectivity index (χ4v) is 2.60. The Morgan fingerprint density at radius 3 is 1.89 bits per heavy atom. The number of carboxylic acid groups (broad SMARTS) is 1. The Kier molecular flexibility index (Phi) is 28.6. The van der Waals surface area contributed by atoms with Crippen molar-refractivity contribution < 1.29 is 9.90 Å². The van der Waals surface area contributed by atoms with Crippen LogP contribution in [0.25, 0.3) is 5.57 Å². The van der Waals surface area contributed by atoms with E-state index in [1.807, 2.05) is 80.7 Å². The number of aromatic carboxylic acids is 1. The van der Waals surface area contributed by atoms with E-state index in [-0.39, 0.29) is 5.56 Å². The van der Waals surface area contributed by atoms with Crippen LogP contribution in [-0.2, 0) is 6.54 Å². The zero-order chi connectivity index (χ0) is 29.4. The molecule has 36 heavy (non-hydrogen) atoms. The van der Waals surface area contributed by atoms with Gasteiger partial charge in [-0.1, -0.05) is 88.8 Å². The molecule has 1 aromatic heterocycles. The van der Waals surface area contributed by atoms with E-state index in [9.17, 15) is 14.7 Å². The third-order valence-corrected chi connectivity index (χ3v) is 4.23. The second kappa shape index (κ2) is 25.4. The van der Waals surface area contributed by atoms with Crippen LogP contribution in [0.4, 0.5) is 0 Å². The van der Waals surface area contributed by atoms with Gasteiger partial charge >= 0.3 is 5.97 Å². The molecule has 0 aliphatic carbocycles. The Bertz CT molecular complexity index is 883. The van der Waals surface area contributed by atoms with Crippen molar-refractivity contribution in [2.45, 2.75) is 116 Å². The van der Waals surface area contributed by atoms with E-state index in [1.54, 1.807) is 12.3 Å². The molecule has 1 heterocycles. The number of aliphatic imine (C=N–C) groups is 1. The molecule has 0 amide bonds. The number of nitrogens with zero attached hydrogens (tertiary/aromatic N) is 2. The number of rotatable bonds is 8. The molecule has 5 heteroatoms. The summed E-state index contributed by atoms with van der Waals surface area (Å²) in [5, 5.41) is 9.21. The maximum atomic E-state index is 12.2. The zero-order valence-corrected chi connectivity index (χ0v) is 25.9. The molecule has 0 aliphatic heterocycles. The third-order valence-electron chi connectivity index (χ3n) is 4.23. The van der Waals surface area contributed by atoms with Crippen LogP contribution >= 0.6 is 0 Å². The van der Waals surface area contributed by atoms with Crippen molar-refractivity contribution >= 4 is 17.3 Å². The number of hydrogen-bond donors (Lipinski definition) is 1. The van der Waals surface area contributed by atoms with Crippen LogP contribution in [0.3, 0.4) is 0 Å². The number of hydrogen-bond acceptors (Lipinski definition) is 3. The summed E-state index contributed by atoms with van der Waals surface area (Å²) in [5.74, 6) is -0.377. The highest BCUT2D eigenvalue weighted by Gasteiger charge is 2.15. The van der Waals surface area contributed by atoms with Crippen LogP contribution in [0.15, 0.2) is 52.1 Å². The predicted molar refractivity (Wildman–Crippen MR) is 162 cm³/mol. The molecule has 0 aromatic carbocycles. The summed E-state index contributed by atoms with van der Waals surface area (Å²) in [4.78, 5) is 27.9. The van der Waals surface area contributed by atoms with Crippen molar-refractivity contribution in [1.82, 2.24) is 4.57 Å². The minimum absolute atomic E-state index is 0.217. The Morgan fingerprint density at radius 1 is 1.06 bits per heavy atom. The highest BCUT2D eigenvalue weighted by Crippen LogP contribution is 2.24. The van der Waals surface area contributed by atoms with Gasteiger partial charge in [0.05, 0.1) is 0 Å². The third kappa shape index (κ3) is 16.9. The molecule has 0 aliphatic rings. The minimum Gasteiger partial charge on any atom is -0.477 e. The van der Waals surface area contributed by atoms with Crippen molar-refractivity contribution in [3.8, 4) is 0 Å². The number of carboxylic acids is 1. The number of aryl methyl sites for hydroxylation is 1. The first-order valence-electron chi connectivity index (χ1n) is 13.5.